The number of ether oxygens (including phenoxy) is 2. The number of nitrogens with one attached hydrogen (secondary N) is 1. The molecular formula is C9H19NO2. The first kappa shape index (κ1) is 9.96. The molecule has 4 unspecified atom stereocenters. The summed E-state index contributed by atoms with van der Waals surface area (Å²) >= 11 is 0. The zero-order chi connectivity index (χ0) is 9.14. The Morgan fingerprint density at radius 1 is 1.42 bits per heavy atom. The second-order valence-electron chi connectivity index (χ2n) is 3.50. The lowest BCUT2D eigenvalue weighted by Gasteiger charge is -2.38. The minimum atomic E-state index is -0.0337. The van der Waals surface area contributed by atoms with E-state index in [2.05, 4.69) is 19.2 Å². The summed E-state index contributed by atoms with van der Waals surface area (Å²) in [6.45, 7) is 4.30. The zero-order valence-electron chi connectivity index (χ0n) is 8.33. The topological polar surface area (TPSA) is 30.5 Å². The molecule has 0 amide bonds. The molecular weight excluding hydrogens is 154 g/mol. The van der Waals surface area contributed by atoms with Crippen molar-refractivity contribution in [1.29, 1.82) is 0 Å². The van der Waals surface area contributed by atoms with Crippen LogP contribution in [0.25, 0.3) is 0 Å². The maximum Gasteiger partial charge on any atom is 0.159 e. The highest BCUT2D eigenvalue weighted by Gasteiger charge is 2.32. The Hall–Kier alpha value is -0.120. The van der Waals surface area contributed by atoms with Crippen molar-refractivity contribution in [2.75, 3.05) is 14.2 Å². The van der Waals surface area contributed by atoms with Gasteiger partial charge in [-0.25, -0.2) is 0 Å². The van der Waals surface area contributed by atoms with Gasteiger partial charge in [-0.1, -0.05) is 6.92 Å². The molecule has 3 heteroatoms. The smallest absolute Gasteiger partial charge is 0.159 e. The fraction of sp³-hybridized carbons (Fsp3) is 1.00. The van der Waals surface area contributed by atoms with Crippen LogP contribution in [0.3, 0.4) is 0 Å². The summed E-state index contributed by atoms with van der Waals surface area (Å²) in [5.41, 5.74) is 0. The molecule has 12 heavy (non-hydrogen) atoms. The predicted octanol–water partition coefficient (Wildman–Crippen LogP) is 0.992. The minimum Gasteiger partial charge on any atom is -0.356 e. The van der Waals surface area contributed by atoms with Crippen LogP contribution < -0.4 is 5.32 Å². The second-order valence-corrected chi connectivity index (χ2v) is 3.50. The van der Waals surface area contributed by atoms with Gasteiger partial charge in [-0.05, 0) is 19.9 Å². The van der Waals surface area contributed by atoms with Gasteiger partial charge >= 0.3 is 0 Å². The Morgan fingerprint density at radius 2 is 2.08 bits per heavy atom. The first-order chi connectivity index (χ1) is 5.69. The molecule has 0 bridgehead atoms. The zero-order valence-corrected chi connectivity index (χ0v) is 8.33. The summed E-state index contributed by atoms with van der Waals surface area (Å²) in [7, 11) is 3.69. The third kappa shape index (κ3) is 1.97. The predicted molar refractivity (Wildman–Crippen MR) is 48.0 cm³/mol. The van der Waals surface area contributed by atoms with E-state index in [1.807, 2.05) is 7.05 Å². The van der Waals surface area contributed by atoms with Gasteiger partial charge in [-0.15, -0.1) is 0 Å². The summed E-state index contributed by atoms with van der Waals surface area (Å²) in [5.74, 6) is 0.557. The van der Waals surface area contributed by atoms with Crippen molar-refractivity contribution in [2.45, 2.75) is 38.7 Å². The molecule has 1 fully saturated rings. The van der Waals surface area contributed by atoms with Crippen molar-refractivity contribution >= 4 is 0 Å². The standard InChI is InChI=1S/C9H19NO2/c1-6-7(2)12-9(11-4)5-8(6)10-3/h6-10H,5H2,1-4H3. The van der Waals surface area contributed by atoms with Gasteiger partial charge in [-0.2, -0.15) is 0 Å². The average molecular weight is 173 g/mol. The van der Waals surface area contributed by atoms with Crippen molar-refractivity contribution in [3.8, 4) is 0 Å². The van der Waals surface area contributed by atoms with Crippen LogP contribution in [0.1, 0.15) is 20.3 Å². The molecule has 72 valence electrons. The SMILES string of the molecule is CNC1CC(OC)OC(C)C1C. The van der Waals surface area contributed by atoms with E-state index >= 15 is 0 Å². The minimum absolute atomic E-state index is 0.0337. The van der Waals surface area contributed by atoms with E-state index in [4.69, 9.17) is 9.47 Å². The van der Waals surface area contributed by atoms with Gasteiger partial charge in [-0.3, -0.25) is 0 Å². The van der Waals surface area contributed by atoms with Gasteiger partial charge in [0.2, 0.25) is 0 Å². The Labute approximate surface area is 74.4 Å². The normalized spacial score (nSPS) is 43.0. The molecule has 1 N–H and O–H groups in total. The fourth-order valence-electron chi connectivity index (χ4n) is 1.70. The van der Waals surface area contributed by atoms with E-state index in [0.717, 1.165) is 6.42 Å². The lowest BCUT2D eigenvalue weighted by molar-refractivity contribution is -0.197. The van der Waals surface area contributed by atoms with E-state index in [-0.39, 0.29) is 12.4 Å². The van der Waals surface area contributed by atoms with E-state index in [0.29, 0.717) is 12.0 Å². The van der Waals surface area contributed by atoms with Gasteiger partial charge < -0.3 is 14.8 Å². The molecule has 0 aromatic rings. The molecule has 4 atom stereocenters. The third-order valence-corrected chi connectivity index (χ3v) is 2.82. The van der Waals surface area contributed by atoms with Crippen molar-refractivity contribution in [2.24, 2.45) is 5.92 Å². The summed E-state index contributed by atoms with van der Waals surface area (Å²) in [6, 6.07) is 0.513. The van der Waals surface area contributed by atoms with E-state index < -0.39 is 0 Å². The van der Waals surface area contributed by atoms with Gasteiger partial charge in [0, 0.05) is 19.6 Å². The molecule has 0 aromatic carbocycles. The highest BCUT2D eigenvalue weighted by atomic mass is 16.7. The van der Waals surface area contributed by atoms with Crippen LogP contribution in [0.15, 0.2) is 0 Å². The molecule has 1 saturated heterocycles. The van der Waals surface area contributed by atoms with Crippen LogP contribution in [-0.4, -0.2) is 32.6 Å². The van der Waals surface area contributed by atoms with Gasteiger partial charge in [0.05, 0.1) is 6.10 Å². The van der Waals surface area contributed by atoms with Crippen LogP contribution in [0.5, 0.6) is 0 Å². The van der Waals surface area contributed by atoms with Crippen molar-refractivity contribution in [3.05, 3.63) is 0 Å². The second kappa shape index (κ2) is 4.21. The Morgan fingerprint density at radius 3 is 2.58 bits per heavy atom. The van der Waals surface area contributed by atoms with Crippen molar-refractivity contribution in [1.82, 2.24) is 5.32 Å². The molecule has 3 nitrogen and oxygen atoms in total. The number of methoxy groups -OCH3 is 1. The summed E-state index contributed by atoms with van der Waals surface area (Å²) in [5, 5.41) is 3.29. The molecule has 0 spiro atoms. The van der Waals surface area contributed by atoms with Crippen molar-refractivity contribution < 1.29 is 9.47 Å². The largest absolute Gasteiger partial charge is 0.356 e. The van der Waals surface area contributed by atoms with E-state index in [1.165, 1.54) is 0 Å². The number of hydrogen-bond acceptors (Lipinski definition) is 3. The number of hydrogen-bond donors (Lipinski definition) is 1. The highest BCUT2D eigenvalue weighted by molar-refractivity contribution is 4.82. The lowest BCUT2D eigenvalue weighted by atomic mass is 9.91. The summed E-state index contributed by atoms with van der Waals surface area (Å²) < 4.78 is 10.8. The Bertz CT molecular complexity index is 140. The Balaban J connectivity index is 2.52. The van der Waals surface area contributed by atoms with Gasteiger partial charge in [0.1, 0.15) is 0 Å². The first-order valence-corrected chi connectivity index (χ1v) is 4.54. The quantitative estimate of drug-likeness (QED) is 0.675. The highest BCUT2D eigenvalue weighted by Crippen LogP contribution is 2.24. The molecule has 0 saturated carbocycles. The molecule has 1 heterocycles. The van der Waals surface area contributed by atoms with Crippen LogP contribution in [0, 0.1) is 5.92 Å². The maximum absolute atomic E-state index is 5.62. The molecule has 1 aliphatic heterocycles. The number of rotatable bonds is 2. The first-order valence-electron chi connectivity index (χ1n) is 4.54. The summed E-state index contributed by atoms with van der Waals surface area (Å²) in [6.07, 6.45) is 1.19. The molecule has 1 aliphatic rings. The molecule has 0 aliphatic carbocycles. The monoisotopic (exact) mass is 173 g/mol. The molecule has 0 aromatic heterocycles. The van der Waals surface area contributed by atoms with Crippen LogP contribution in [0.2, 0.25) is 0 Å². The fourth-order valence-corrected chi connectivity index (χ4v) is 1.70. The van der Waals surface area contributed by atoms with Gasteiger partial charge in [0.15, 0.2) is 6.29 Å². The lowest BCUT2D eigenvalue weighted by Crippen LogP contribution is -2.47. The van der Waals surface area contributed by atoms with Crippen LogP contribution in [-0.2, 0) is 9.47 Å². The maximum atomic E-state index is 5.62. The van der Waals surface area contributed by atoms with Gasteiger partial charge in [0.25, 0.3) is 0 Å². The van der Waals surface area contributed by atoms with E-state index in [1.54, 1.807) is 7.11 Å². The summed E-state index contributed by atoms with van der Waals surface area (Å²) in [4.78, 5) is 0. The van der Waals surface area contributed by atoms with Crippen LogP contribution >= 0.6 is 0 Å². The van der Waals surface area contributed by atoms with Crippen molar-refractivity contribution in [3.63, 3.8) is 0 Å². The molecule has 1 rings (SSSR count). The third-order valence-electron chi connectivity index (χ3n) is 2.82. The Kier molecular flexibility index (Phi) is 3.50. The average Bonchev–Trinajstić information content (AvgIpc) is 2.09. The molecule has 0 radical (unpaired) electrons. The van der Waals surface area contributed by atoms with Crippen LogP contribution in [0.4, 0.5) is 0 Å². The van der Waals surface area contributed by atoms with E-state index in [9.17, 15) is 0 Å².